The van der Waals surface area contributed by atoms with Gasteiger partial charge in [0.15, 0.2) is 0 Å². The highest BCUT2D eigenvalue weighted by atomic mass is 35.5. The molecule has 0 radical (unpaired) electrons. The SMILES string of the molecule is CCC1(CC)CC(Nc2nc(NC)c(Cl)cc2Cl)CCO1. The first kappa shape index (κ1) is 16.7. The highest BCUT2D eigenvalue weighted by Crippen LogP contribution is 2.35. The van der Waals surface area contributed by atoms with Crippen LogP contribution in [0.5, 0.6) is 0 Å². The minimum absolute atomic E-state index is 0.0271. The van der Waals surface area contributed by atoms with Gasteiger partial charge < -0.3 is 15.4 Å². The van der Waals surface area contributed by atoms with Crippen molar-refractivity contribution >= 4 is 34.8 Å². The van der Waals surface area contributed by atoms with Crippen molar-refractivity contribution in [1.82, 2.24) is 4.98 Å². The molecule has 1 aliphatic heterocycles. The third-order valence-electron chi connectivity index (χ3n) is 4.29. The van der Waals surface area contributed by atoms with Gasteiger partial charge in [0.1, 0.15) is 11.6 Å². The second kappa shape index (κ2) is 7.03. The Hall–Kier alpha value is -0.710. The smallest absolute Gasteiger partial charge is 0.147 e. The Labute approximate surface area is 136 Å². The molecule has 2 heterocycles. The van der Waals surface area contributed by atoms with Crippen molar-refractivity contribution in [2.75, 3.05) is 24.3 Å². The number of nitrogens with one attached hydrogen (secondary N) is 2. The second-order valence-corrected chi connectivity index (χ2v) is 6.29. The zero-order valence-corrected chi connectivity index (χ0v) is 14.3. The molecular weight excluding hydrogens is 309 g/mol. The summed E-state index contributed by atoms with van der Waals surface area (Å²) in [6, 6.07) is 2.03. The predicted octanol–water partition coefficient (Wildman–Crippen LogP) is 4.58. The summed E-state index contributed by atoms with van der Waals surface area (Å²) in [6.45, 7) is 5.13. The van der Waals surface area contributed by atoms with Crippen molar-refractivity contribution in [3.63, 3.8) is 0 Å². The lowest BCUT2D eigenvalue weighted by molar-refractivity contribution is -0.0864. The van der Waals surface area contributed by atoms with Crippen LogP contribution < -0.4 is 10.6 Å². The number of ether oxygens (including phenoxy) is 1. The van der Waals surface area contributed by atoms with Crippen molar-refractivity contribution < 1.29 is 4.74 Å². The maximum absolute atomic E-state index is 6.25. The molecule has 1 aliphatic rings. The van der Waals surface area contributed by atoms with Crippen molar-refractivity contribution in [3.05, 3.63) is 16.1 Å². The summed E-state index contributed by atoms with van der Waals surface area (Å²) in [5.41, 5.74) is -0.0271. The van der Waals surface area contributed by atoms with E-state index in [1.807, 2.05) is 0 Å². The van der Waals surface area contributed by atoms with Crippen molar-refractivity contribution in [3.8, 4) is 0 Å². The lowest BCUT2D eigenvalue weighted by atomic mass is 9.86. The quantitative estimate of drug-likeness (QED) is 0.828. The monoisotopic (exact) mass is 331 g/mol. The maximum Gasteiger partial charge on any atom is 0.147 e. The van der Waals surface area contributed by atoms with Crippen molar-refractivity contribution in [2.45, 2.75) is 51.2 Å². The van der Waals surface area contributed by atoms with Gasteiger partial charge in [-0.05, 0) is 31.7 Å². The second-order valence-electron chi connectivity index (χ2n) is 5.47. The third-order valence-corrected chi connectivity index (χ3v) is 4.87. The summed E-state index contributed by atoms with van der Waals surface area (Å²) in [5.74, 6) is 1.31. The summed E-state index contributed by atoms with van der Waals surface area (Å²) in [4.78, 5) is 4.46. The van der Waals surface area contributed by atoms with Gasteiger partial charge in [-0.1, -0.05) is 37.0 Å². The Kier molecular flexibility index (Phi) is 5.58. The van der Waals surface area contributed by atoms with E-state index in [4.69, 9.17) is 27.9 Å². The van der Waals surface area contributed by atoms with Crippen LogP contribution in [0.4, 0.5) is 11.6 Å². The van der Waals surface area contributed by atoms with E-state index >= 15 is 0 Å². The molecule has 2 N–H and O–H groups in total. The fourth-order valence-electron chi connectivity index (χ4n) is 2.83. The summed E-state index contributed by atoms with van der Waals surface area (Å²) < 4.78 is 6.00. The summed E-state index contributed by atoms with van der Waals surface area (Å²) in [5, 5.41) is 7.50. The van der Waals surface area contributed by atoms with Gasteiger partial charge in [-0.2, -0.15) is 0 Å². The van der Waals surface area contributed by atoms with Crippen molar-refractivity contribution in [1.29, 1.82) is 0 Å². The van der Waals surface area contributed by atoms with E-state index < -0.39 is 0 Å². The van der Waals surface area contributed by atoms with Crippen LogP contribution in [-0.2, 0) is 4.74 Å². The van der Waals surface area contributed by atoms with Gasteiger partial charge in [-0.15, -0.1) is 0 Å². The number of hydrogen-bond donors (Lipinski definition) is 2. The van der Waals surface area contributed by atoms with E-state index in [0.717, 1.165) is 32.3 Å². The molecule has 1 aromatic rings. The molecule has 6 heteroatoms. The van der Waals surface area contributed by atoms with Gasteiger partial charge in [0, 0.05) is 19.7 Å². The molecule has 0 amide bonds. The van der Waals surface area contributed by atoms with E-state index in [1.54, 1.807) is 13.1 Å². The van der Waals surface area contributed by atoms with Crippen LogP contribution in [-0.4, -0.2) is 30.3 Å². The van der Waals surface area contributed by atoms with Crippen LogP contribution >= 0.6 is 23.2 Å². The topological polar surface area (TPSA) is 46.2 Å². The molecule has 0 saturated carbocycles. The third kappa shape index (κ3) is 3.74. The molecular formula is C15H23Cl2N3O. The average molecular weight is 332 g/mol. The molecule has 2 rings (SSSR count). The van der Waals surface area contributed by atoms with Crippen molar-refractivity contribution in [2.24, 2.45) is 0 Å². The molecule has 1 fully saturated rings. The summed E-state index contributed by atoms with van der Waals surface area (Å²) >= 11 is 12.3. The van der Waals surface area contributed by atoms with Crippen LogP contribution in [0.1, 0.15) is 39.5 Å². The van der Waals surface area contributed by atoms with E-state index in [-0.39, 0.29) is 5.60 Å². The molecule has 0 aromatic carbocycles. The highest BCUT2D eigenvalue weighted by molar-refractivity contribution is 6.37. The molecule has 21 heavy (non-hydrogen) atoms. The lowest BCUT2D eigenvalue weighted by Crippen LogP contribution is -2.43. The predicted molar refractivity (Wildman–Crippen MR) is 89.7 cm³/mol. The van der Waals surface area contributed by atoms with Gasteiger partial charge in [0.25, 0.3) is 0 Å². The molecule has 1 unspecified atom stereocenters. The molecule has 118 valence electrons. The number of hydrogen-bond acceptors (Lipinski definition) is 4. The van der Waals surface area contributed by atoms with Crippen LogP contribution in [0.25, 0.3) is 0 Å². The zero-order chi connectivity index (χ0) is 15.5. The fourth-order valence-corrected chi connectivity index (χ4v) is 3.34. The first-order valence-electron chi connectivity index (χ1n) is 7.48. The van der Waals surface area contributed by atoms with Gasteiger partial charge in [0.2, 0.25) is 0 Å². The Morgan fingerprint density at radius 3 is 2.57 bits per heavy atom. The molecule has 1 atom stereocenters. The van der Waals surface area contributed by atoms with Crippen LogP contribution in [0.15, 0.2) is 6.07 Å². The normalized spacial score (nSPS) is 21.1. The Morgan fingerprint density at radius 2 is 1.95 bits per heavy atom. The maximum atomic E-state index is 6.25. The molecule has 0 aliphatic carbocycles. The van der Waals surface area contributed by atoms with E-state index in [0.29, 0.717) is 27.7 Å². The van der Waals surface area contributed by atoms with Gasteiger partial charge in [-0.25, -0.2) is 4.98 Å². The molecule has 0 spiro atoms. The minimum Gasteiger partial charge on any atom is -0.375 e. The average Bonchev–Trinajstić information content (AvgIpc) is 2.50. The Morgan fingerprint density at radius 1 is 1.29 bits per heavy atom. The summed E-state index contributed by atoms with van der Waals surface area (Å²) in [7, 11) is 1.79. The van der Waals surface area contributed by atoms with Gasteiger partial charge >= 0.3 is 0 Å². The standard InChI is InChI=1S/C15H23Cl2N3O/c1-4-15(5-2)9-10(6-7-21-15)19-14-12(17)8-11(16)13(18-3)20-14/h8,10H,4-7,9H2,1-3H3,(H2,18,19,20). The van der Waals surface area contributed by atoms with E-state index in [1.165, 1.54) is 0 Å². The number of rotatable bonds is 5. The number of pyridine rings is 1. The molecule has 1 aromatic heterocycles. The van der Waals surface area contributed by atoms with Crippen LogP contribution in [0.3, 0.4) is 0 Å². The zero-order valence-electron chi connectivity index (χ0n) is 12.8. The molecule has 0 bridgehead atoms. The fraction of sp³-hybridized carbons (Fsp3) is 0.667. The van der Waals surface area contributed by atoms with E-state index in [9.17, 15) is 0 Å². The largest absolute Gasteiger partial charge is 0.375 e. The van der Waals surface area contributed by atoms with Gasteiger partial charge in [0.05, 0.1) is 15.6 Å². The van der Waals surface area contributed by atoms with Gasteiger partial charge in [-0.3, -0.25) is 0 Å². The highest BCUT2D eigenvalue weighted by Gasteiger charge is 2.34. The number of halogens is 2. The minimum atomic E-state index is -0.0271. The first-order chi connectivity index (χ1) is 10.0. The number of anilines is 2. The van der Waals surface area contributed by atoms with Crippen LogP contribution in [0, 0.1) is 0 Å². The lowest BCUT2D eigenvalue weighted by Gasteiger charge is -2.40. The number of aromatic nitrogens is 1. The summed E-state index contributed by atoms with van der Waals surface area (Å²) in [6.07, 6.45) is 3.96. The molecule has 1 saturated heterocycles. The Balaban J connectivity index is 2.14. The van der Waals surface area contributed by atoms with Crippen LogP contribution in [0.2, 0.25) is 10.0 Å². The first-order valence-corrected chi connectivity index (χ1v) is 8.23. The molecule has 4 nitrogen and oxygen atoms in total. The Bertz CT molecular complexity index is 492. The number of nitrogens with zero attached hydrogens (tertiary/aromatic N) is 1. The van der Waals surface area contributed by atoms with E-state index in [2.05, 4.69) is 29.5 Å².